The first-order valence-corrected chi connectivity index (χ1v) is 7.77. The SMILES string of the molecule is Cc1cc(CNC2CC2)cnc1N1CCCCCC1. The zero-order chi connectivity index (χ0) is 13.1. The van der Waals surface area contributed by atoms with E-state index in [1.54, 1.807) is 0 Å². The highest BCUT2D eigenvalue weighted by molar-refractivity contribution is 5.47. The van der Waals surface area contributed by atoms with Crippen molar-refractivity contribution in [2.45, 2.75) is 58.0 Å². The molecule has 1 aliphatic carbocycles. The molecule has 1 N–H and O–H groups in total. The van der Waals surface area contributed by atoms with Crippen molar-refractivity contribution in [3.63, 3.8) is 0 Å². The quantitative estimate of drug-likeness (QED) is 0.901. The molecule has 0 spiro atoms. The van der Waals surface area contributed by atoms with Gasteiger partial charge in [-0.05, 0) is 49.8 Å². The number of nitrogens with one attached hydrogen (secondary N) is 1. The van der Waals surface area contributed by atoms with Gasteiger partial charge in [0.15, 0.2) is 0 Å². The van der Waals surface area contributed by atoms with Gasteiger partial charge in [0.25, 0.3) is 0 Å². The van der Waals surface area contributed by atoms with Crippen molar-refractivity contribution < 1.29 is 0 Å². The van der Waals surface area contributed by atoms with Crippen LogP contribution >= 0.6 is 0 Å². The Morgan fingerprint density at radius 1 is 1.21 bits per heavy atom. The van der Waals surface area contributed by atoms with Gasteiger partial charge in [-0.25, -0.2) is 4.98 Å². The topological polar surface area (TPSA) is 28.2 Å². The minimum Gasteiger partial charge on any atom is -0.356 e. The largest absolute Gasteiger partial charge is 0.356 e. The summed E-state index contributed by atoms with van der Waals surface area (Å²) in [4.78, 5) is 7.20. The second-order valence-electron chi connectivity index (χ2n) is 6.04. The van der Waals surface area contributed by atoms with E-state index in [0.717, 1.165) is 12.6 Å². The van der Waals surface area contributed by atoms with Crippen LogP contribution in [0.1, 0.15) is 49.7 Å². The molecule has 1 saturated heterocycles. The van der Waals surface area contributed by atoms with E-state index in [9.17, 15) is 0 Å². The van der Waals surface area contributed by atoms with Gasteiger partial charge in [-0.2, -0.15) is 0 Å². The minimum atomic E-state index is 0.769. The van der Waals surface area contributed by atoms with Crippen molar-refractivity contribution >= 4 is 5.82 Å². The lowest BCUT2D eigenvalue weighted by molar-refractivity contribution is 0.684. The van der Waals surface area contributed by atoms with Crippen LogP contribution < -0.4 is 10.2 Å². The number of rotatable bonds is 4. The summed E-state index contributed by atoms with van der Waals surface area (Å²) in [6.07, 6.45) is 10.1. The number of aryl methyl sites for hydroxylation is 1. The normalized spacial score (nSPS) is 20.4. The summed E-state index contributed by atoms with van der Waals surface area (Å²) in [5, 5.41) is 3.56. The van der Waals surface area contributed by atoms with E-state index >= 15 is 0 Å². The van der Waals surface area contributed by atoms with Gasteiger partial charge in [-0.1, -0.05) is 12.8 Å². The third-order valence-corrected chi connectivity index (χ3v) is 4.19. The molecule has 1 saturated carbocycles. The molecule has 3 heteroatoms. The standard InChI is InChI=1S/C16H25N3/c1-13-10-14(11-17-15-6-7-15)12-18-16(13)19-8-4-2-3-5-9-19/h10,12,15,17H,2-9,11H2,1H3. The molecule has 0 unspecified atom stereocenters. The molecule has 0 atom stereocenters. The van der Waals surface area contributed by atoms with Gasteiger partial charge in [0, 0.05) is 31.9 Å². The fourth-order valence-corrected chi connectivity index (χ4v) is 2.89. The maximum absolute atomic E-state index is 4.73. The van der Waals surface area contributed by atoms with E-state index < -0.39 is 0 Å². The van der Waals surface area contributed by atoms with Gasteiger partial charge >= 0.3 is 0 Å². The first-order valence-electron chi connectivity index (χ1n) is 7.77. The van der Waals surface area contributed by atoms with Crippen molar-refractivity contribution in [3.8, 4) is 0 Å². The molecule has 2 fully saturated rings. The van der Waals surface area contributed by atoms with Crippen molar-refractivity contribution in [2.75, 3.05) is 18.0 Å². The molecule has 3 nitrogen and oxygen atoms in total. The van der Waals surface area contributed by atoms with E-state index in [4.69, 9.17) is 4.98 Å². The molecule has 19 heavy (non-hydrogen) atoms. The van der Waals surface area contributed by atoms with Gasteiger partial charge in [-0.3, -0.25) is 0 Å². The molecule has 104 valence electrons. The number of hydrogen-bond donors (Lipinski definition) is 1. The second kappa shape index (κ2) is 5.91. The molecule has 0 radical (unpaired) electrons. The van der Waals surface area contributed by atoms with Crippen LogP contribution in [0.4, 0.5) is 5.82 Å². The minimum absolute atomic E-state index is 0.769. The Hall–Kier alpha value is -1.09. The van der Waals surface area contributed by atoms with Crippen LogP contribution in [0.15, 0.2) is 12.3 Å². The Morgan fingerprint density at radius 2 is 1.95 bits per heavy atom. The van der Waals surface area contributed by atoms with Crippen LogP contribution in [-0.4, -0.2) is 24.1 Å². The van der Waals surface area contributed by atoms with E-state index in [-0.39, 0.29) is 0 Å². The van der Waals surface area contributed by atoms with Gasteiger partial charge in [0.1, 0.15) is 5.82 Å². The number of aromatic nitrogens is 1. The van der Waals surface area contributed by atoms with Gasteiger partial charge in [0.05, 0.1) is 0 Å². The molecular weight excluding hydrogens is 234 g/mol. The van der Waals surface area contributed by atoms with Crippen LogP contribution in [0.3, 0.4) is 0 Å². The summed E-state index contributed by atoms with van der Waals surface area (Å²) < 4.78 is 0. The predicted octanol–water partition coefficient (Wildman–Crippen LogP) is 3.02. The van der Waals surface area contributed by atoms with Gasteiger partial charge < -0.3 is 10.2 Å². The highest BCUT2D eigenvalue weighted by Gasteiger charge is 2.20. The highest BCUT2D eigenvalue weighted by Crippen LogP contribution is 2.23. The Balaban J connectivity index is 1.66. The second-order valence-corrected chi connectivity index (χ2v) is 6.04. The average molecular weight is 259 g/mol. The van der Waals surface area contributed by atoms with E-state index in [0.29, 0.717) is 0 Å². The number of pyridine rings is 1. The molecule has 2 aliphatic rings. The third kappa shape index (κ3) is 3.47. The van der Waals surface area contributed by atoms with Crippen molar-refractivity contribution in [1.29, 1.82) is 0 Å². The maximum atomic E-state index is 4.73. The van der Waals surface area contributed by atoms with Crippen LogP contribution in [0.5, 0.6) is 0 Å². The first-order chi connectivity index (χ1) is 9.33. The van der Waals surface area contributed by atoms with E-state index in [1.807, 2.05) is 0 Å². The van der Waals surface area contributed by atoms with Crippen molar-refractivity contribution in [1.82, 2.24) is 10.3 Å². The predicted molar refractivity (Wildman–Crippen MR) is 79.5 cm³/mol. The summed E-state index contributed by atoms with van der Waals surface area (Å²) >= 11 is 0. The third-order valence-electron chi connectivity index (χ3n) is 4.19. The molecule has 1 aromatic rings. The zero-order valence-corrected chi connectivity index (χ0v) is 12.0. The highest BCUT2D eigenvalue weighted by atomic mass is 15.2. The zero-order valence-electron chi connectivity index (χ0n) is 12.0. The van der Waals surface area contributed by atoms with Gasteiger partial charge in [-0.15, -0.1) is 0 Å². The van der Waals surface area contributed by atoms with Crippen molar-refractivity contribution in [3.05, 3.63) is 23.4 Å². The number of hydrogen-bond acceptors (Lipinski definition) is 3. The lowest BCUT2D eigenvalue weighted by Gasteiger charge is -2.23. The Morgan fingerprint density at radius 3 is 2.58 bits per heavy atom. The van der Waals surface area contributed by atoms with Crippen molar-refractivity contribution in [2.24, 2.45) is 0 Å². The van der Waals surface area contributed by atoms with E-state index in [2.05, 4.69) is 29.4 Å². The summed E-state index contributed by atoms with van der Waals surface area (Å²) in [6.45, 7) is 5.52. The van der Waals surface area contributed by atoms with Gasteiger partial charge in [0.2, 0.25) is 0 Å². The number of anilines is 1. The number of nitrogens with zero attached hydrogens (tertiary/aromatic N) is 2. The fraction of sp³-hybridized carbons (Fsp3) is 0.688. The maximum Gasteiger partial charge on any atom is 0.131 e. The molecule has 1 aromatic heterocycles. The lowest BCUT2D eigenvalue weighted by atomic mass is 10.2. The summed E-state index contributed by atoms with van der Waals surface area (Å²) in [7, 11) is 0. The first kappa shape index (κ1) is 12.9. The Labute approximate surface area is 116 Å². The molecular formula is C16H25N3. The molecule has 0 aromatic carbocycles. The van der Waals surface area contributed by atoms with Crippen LogP contribution in [0, 0.1) is 6.92 Å². The monoisotopic (exact) mass is 259 g/mol. The molecule has 3 rings (SSSR count). The smallest absolute Gasteiger partial charge is 0.131 e. The molecule has 0 amide bonds. The Kier molecular flexibility index (Phi) is 4.02. The summed E-state index contributed by atoms with van der Waals surface area (Å²) in [5.74, 6) is 1.21. The van der Waals surface area contributed by atoms with E-state index in [1.165, 1.54) is 68.6 Å². The molecule has 1 aliphatic heterocycles. The summed E-state index contributed by atoms with van der Waals surface area (Å²) in [6, 6.07) is 3.08. The average Bonchev–Trinajstić information content (AvgIpc) is 3.24. The van der Waals surface area contributed by atoms with Crippen LogP contribution in [0.2, 0.25) is 0 Å². The molecule has 0 bridgehead atoms. The summed E-state index contributed by atoms with van der Waals surface area (Å²) in [5.41, 5.74) is 2.65. The molecule has 2 heterocycles. The Bertz CT molecular complexity index is 418. The van der Waals surface area contributed by atoms with Crippen LogP contribution in [-0.2, 0) is 6.54 Å². The fourth-order valence-electron chi connectivity index (χ4n) is 2.89. The van der Waals surface area contributed by atoms with Crippen LogP contribution in [0.25, 0.3) is 0 Å². The lowest BCUT2D eigenvalue weighted by Crippen LogP contribution is -2.26.